The van der Waals surface area contributed by atoms with Crippen LogP contribution in [-0.4, -0.2) is 84.0 Å². The van der Waals surface area contributed by atoms with E-state index in [1.807, 2.05) is 7.05 Å². The van der Waals surface area contributed by atoms with Gasteiger partial charge in [0.2, 0.25) is 11.9 Å². The summed E-state index contributed by atoms with van der Waals surface area (Å²) in [6.07, 6.45) is 0.779. The normalized spacial score (nSPS) is 20.3. The van der Waals surface area contributed by atoms with Gasteiger partial charge in [-0.2, -0.15) is 18.2 Å². The Labute approximate surface area is 238 Å². The van der Waals surface area contributed by atoms with Gasteiger partial charge in [-0.3, -0.25) is 9.59 Å². The van der Waals surface area contributed by atoms with E-state index < -0.39 is 17.8 Å². The molecule has 3 N–H and O–H groups in total. The fraction of sp³-hybridized carbons (Fsp3) is 0.571. The molecule has 1 aliphatic carbocycles. The fourth-order valence-corrected chi connectivity index (χ4v) is 5.39. The van der Waals surface area contributed by atoms with Crippen molar-refractivity contribution >= 4 is 29.3 Å². The Morgan fingerprint density at radius 1 is 1.12 bits per heavy atom. The summed E-state index contributed by atoms with van der Waals surface area (Å²) < 4.78 is 47.2. The number of methoxy groups -OCH3 is 1. The number of ether oxygens (including phenoxy) is 1. The molecule has 1 saturated heterocycles. The molecule has 0 spiro atoms. The average Bonchev–Trinajstić information content (AvgIpc) is 2.93. The first-order valence-electron chi connectivity index (χ1n) is 13.8. The molecule has 1 aromatic carbocycles. The zero-order chi connectivity index (χ0) is 29.7. The number of anilines is 3. The molecular weight excluding hydrogens is 539 g/mol. The van der Waals surface area contributed by atoms with Crippen molar-refractivity contribution < 1.29 is 27.5 Å². The summed E-state index contributed by atoms with van der Waals surface area (Å²) in [5.41, 5.74) is -0.202. The van der Waals surface area contributed by atoms with E-state index in [1.165, 1.54) is 14.0 Å². The minimum absolute atomic E-state index is 0.0744. The summed E-state index contributed by atoms with van der Waals surface area (Å²) in [6.45, 7) is 3.27. The number of likely N-dealkylation sites (N-methyl/N-ethyl adjacent to an activating group) is 1. The second kappa shape index (κ2) is 12.9. The maximum atomic E-state index is 13.9. The summed E-state index contributed by atoms with van der Waals surface area (Å²) in [4.78, 5) is 36.7. The number of piperidine rings is 1. The van der Waals surface area contributed by atoms with Crippen molar-refractivity contribution in [2.75, 3.05) is 44.9 Å². The highest BCUT2D eigenvalue weighted by molar-refractivity contribution is 5.95. The first kappa shape index (κ1) is 30.4. The summed E-state index contributed by atoms with van der Waals surface area (Å²) in [7, 11) is 5.15. The fourth-order valence-electron chi connectivity index (χ4n) is 5.39. The number of carbonyl (C=O) groups is 2. The highest BCUT2D eigenvalue weighted by atomic mass is 19.4. The average molecular weight is 578 g/mol. The number of nitrogens with one attached hydrogen (secondary N) is 3. The van der Waals surface area contributed by atoms with Crippen LogP contribution in [-0.2, 0) is 11.0 Å². The van der Waals surface area contributed by atoms with Crippen molar-refractivity contribution in [2.45, 2.75) is 69.8 Å². The summed E-state index contributed by atoms with van der Waals surface area (Å²) >= 11 is 0. The van der Waals surface area contributed by atoms with Crippen LogP contribution in [0.5, 0.6) is 5.75 Å². The molecule has 13 heteroatoms. The van der Waals surface area contributed by atoms with E-state index in [9.17, 15) is 22.8 Å². The predicted octanol–water partition coefficient (Wildman–Crippen LogP) is 4.27. The van der Waals surface area contributed by atoms with Crippen LogP contribution in [0.1, 0.15) is 61.4 Å². The van der Waals surface area contributed by atoms with Crippen molar-refractivity contribution in [2.24, 2.45) is 0 Å². The zero-order valence-electron chi connectivity index (χ0n) is 23.8. The molecule has 0 unspecified atom stereocenters. The third-order valence-electron chi connectivity index (χ3n) is 7.90. The number of halogens is 3. The topological polar surface area (TPSA) is 112 Å². The van der Waals surface area contributed by atoms with Gasteiger partial charge in [0.15, 0.2) is 0 Å². The van der Waals surface area contributed by atoms with Gasteiger partial charge >= 0.3 is 6.18 Å². The smallest absolute Gasteiger partial charge is 0.421 e. The first-order chi connectivity index (χ1) is 19.5. The van der Waals surface area contributed by atoms with E-state index in [0.717, 1.165) is 45.0 Å². The van der Waals surface area contributed by atoms with Crippen LogP contribution in [0.25, 0.3) is 0 Å². The van der Waals surface area contributed by atoms with Gasteiger partial charge in [-0.15, -0.1) is 0 Å². The van der Waals surface area contributed by atoms with Crippen LogP contribution in [0.15, 0.2) is 24.4 Å². The van der Waals surface area contributed by atoms with Crippen molar-refractivity contribution in [1.82, 2.24) is 25.1 Å². The molecule has 2 aromatic rings. The molecule has 224 valence electrons. The monoisotopic (exact) mass is 577 g/mol. The number of aromatic nitrogens is 2. The summed E-state index contributed by atoms with van der Waals surface area (Å²) in [5, 5.41) is 8.95. The van der Waals surface area contributed by atoms with Gasteiger partial charge in [0.1, 0.15) is 17.1 Å². The Balaban J connectivity index is 1.54. The highest BCUT2D eigenvalue weighted by Gasteiger charge is 2.38. The molecule has 1 aliphatic heterocycles. The summed E-state index contributed by atoms with van der Waals surface area (Å²) in [6, 6.07) is 4.21. The van der Waals surface area contributed by atoms with Crippen LogP contribution in [0.4, 0.5) is 30.6 Å². The molecule has 2 atom stereocenters. The van der Waals surface area contributed by atoms with Gasteiger partial charge < -0.3 is 30.5 Å². The quantitative estimate of drug-likeness (QED) is 0.427. The lowest BCUT2D eigenvalue weighted by Crippen LogP contribution is -2.49. The molecule has 0 bridgehead atoms. The van der Waals surface area contributed by atoms with Crippen molar-refractivity contribution in [3.8, 4) is 5.75 Å². The first-order valence-corrected chi connectivity index (χ1v) is 13.8. The van der Waals surface area contributed by atoms with Gasteiger partial charge in [-0.1, -0.05) is 12.8 Å². The lowest BCUT2D eigenvalue weighted by atomic mass is 9.89. The third kappa shape index (κ3) is 7.57. The molecule has 41 heavy (non-hydrogen) atoms. The van der Waals surface area contributed by atoms with E-state index in [4.69, 9.17) is 4.74 Å². The number of hydrogen-bond donors (Lipinski definition) is 3. The predicted molar refractivity (Wildman–Crippen MR) is 149 cm³/mol. The van der Waals surface area contributed by atoms with Crippen LogP contribution in [0, 0.1) is 0 Å². The van der Waals surface area contributed by atoms with Gasteiger partial charge in [-0.25, -0.2) is 4.98 Å². The van der Waals surface area contributed by atoms with Crippen molar-refractivity contribution in [3.05, 3.63) is 35.5 Å². The molecule has 2 heterocycles. The van der Waals surface area contributed by atoms with Crippen LogP contribution >= 0.6 is 0 Å². The molecule has 0 radical (unpaired) electrons. The number of hydrogen-bond acceptors (Lipinski definition) is 8. The van der Waals surface area contributed by atoms with Gasteiger partial charge in [-0.05, 0) is 64.0 Å². The van der Waals surface area contributed by atoms with E-state index in [2.05, 4.69) is 30.8 Å². The van der Waals surface area contributed by atoms with Crippen molar-refractivity contribution in [1.29, 1.82) is 0 Å². The molecule has 10 nitrogen and oxygen atoms in total. The molecule has 4 rings (SSSR count). The van der Waals surface area contributed by atoms with Crippen LogP contribution < -0.4 is 20.7 Å². The van der Waals surface area contributed by atoms with Gasteiger partial charge in [0, 0.05) is 37.8 Å². The number of carbonyl (C=O) groups excluding carboxylic acids is 2. The second-order valence-electron chi connectivity index (χ2n) is 10.8. The Morgan fingerprint density at radius 3 is 2.49 bits per heavy atom. The SMILES string of the molecule is COc1cc(C(=O)NC2CCN(C)CC2)ccc1Nc1ncc(C(F)(F)F)c(N[C@@H]2CCCC[C@H]2N(C)C(C)=O)n1. The van der Waals surface area contributed by atoms with E-state index in [-0.39, 0.29) is 35.7 Å². The van der Waals surface area contributed by atoms with Crippen LogP contribution in [0.2, 0.25) is 0 Å². The Kier molecular flexibility index (Phi) is 9.57. The number of likely N-dealkylation sites (tertiary alicyclic amines) is 1. The minimum atomic E-state index is -4.68. The molecule has 1 aromatic heterocycles. The van der Waals surface area contributed by atoms with E-state index in [0.29, 0.717) is 29.8 Å². The van der Waals surface area contributed by atoms with Gasteiger partial charge in [0.25, 0.3) is 5.91 Å². The van der Waals surface area contributed by atoms with Crippen LogP contribution in [0.3, 0.4) is 0 Å². The second-order valence-corrected chi connectivity index (χ2v) is 10.8. The number of alkyl halides is 3. The Morgan fingerprint density at radius 2 is 1.83 bits per heavy atom. The lowest BCUT2D eigenvalue weighted by Gasteiger charge is -2.38. The molecule has 2 aliphatic rings. The molecular formula is C28H38F3N7O3. The minimum Gasteiger partial charge on any atom is -0.495 e. The van der Waals surface area contributed by atoms with Crippen molar-refractivity contribution in [3.63, 3.8) is 0 Å². The third-order valence-corrected chi connectivity index (χ3v) is 7.90. The molecule has 2 fully saturated rings. The molecule has 2 amide bonds. The molecule has 1 saturated carbocycles. The zero-order valence-corrected chi connectivity index (χ0v) is 23.8. The number of benzene rings is 1. The summed E-state index contributed by atoms with van der Waals surface area (Å²) in [5.74, 6) is -0.499. The Bertz CT molecular complexity index is 1230. The van der Waals surface area contributed by atoms with E-state index in [1.54, 1.807) is 30.1 Å². The maximum absolute atomic E-state index is 13.9. The highest BCUT2D eigenvalue weighted by Crippen LogP contribution is 2.36. The lowest BCUT2D eigenvalue weighted by molar-refractivity contribution is -0.137. The maximum Gasteiger partial charge on any atom is 0.421 e. The largest absolute Gasteiger partial charge is 0.495 e. The number of nitrogens with zero attached hydrogens (tertiary/aromatic N) is 4. The standard InChI is InChI=1S/C28H38F3N7O3/c1-17(39)38(3)23-8-6-5-7-21(23)34-25-20(28(29,30)31)16-32-27(36-25)35-22-10-9-18(15-24(22)41-4)26(40)33-19-11-13-37(2)14-12-19/h9-10,15-16,19,21,23H,5-8,11-14H2,1-4H3,(H,33,40)(H2,32,34,35,36)/t21-,23-/m1/s1. The number of amides is 2. The van der Waals surface area contributed by atoms with E-state index >= 15 is 0 Å². The van der Waals surface area contributed by atoms with Gasteiger partial charge in [0.05, 0.1) is 18.8 Å². The number of rotatable bonds is 8. The Hall–Kier alpha value is -3.61.